The summed E-state index contributed by atoms with van der Waals surface area (Å²) in [6.07, 6.45) is 2.48. The SMILES string of the molecule is CCCNCc1ccccc1O[C@H](C)CC. The Labute approximate surface area is 99.0 Å². The van der Waals surface area contributed by atoms with E-state index in [1.54, 1.807) is 0 Å². The molecule has 0 unspecified atom stereocenters. The van der Waals surface area contributed by atoms with Crippen molar-refractivity contribution in [2.45, 2.75) is 46.3 Å². The van der Waals surface area contributed by atoms with E-state index in [0.29, 0.717) is 0 Å². The second kappa shape index (κ2) is 7.29. The Hall–Kier alpha value is -1.02. The third-order valence-electron chi connectivity index (χ3n) is 2.62. The van der Waals surface area contributed by atoms with E-state index in [0.717, 1.165) is 31.7 Å². The Kier molecular flexibility index (Phi) is 5.94. The van der Waals surface area contributed by atoms with Crippen molar-refractivity contribution in [1.82, 2.24) is 5.32 Å². The van der Waals surface area contributed by atoms with E-state index < -0.39 is 0 Å². The fourth-order valence-corrected chi connectivity index (χ4v) is 1.46. The lowest BCUT2D eigenvalue weighted by Gasteiger charge is -2.16. The van der Waals surface area contributed by atoms with Crippen LogP contribution < -0.4 is 10.1 Å². The van der Waals surface area contributed by atoms with Crippen LogP contribution >= 0.6 is 0 Å². The van der Waals surface area contributed by atoms with Crippen LogP contribution in [0.4, 0.5) is 0 Å². The van der Waals surface area contributed by atoms with Crippen molar-refractivity contribution in [3.63, 3.8) is 0 Å². The molecule has 0 aromatic heterocycles. The Morgan fingerprint density at radius 3 is 2.69 bits per heavy atom. The number of hydrogen-bond acceptors (Lipinski definition) is 2. The molecule has 1 aromatic rings. The molecule has 1 aromatic carbocycles. The maximum Gasteiger partial charge on any atom is 0.124 e. The lowest BCUT2D eigenvalue weighted by Crippen LogP contribution is -2.16. The number of benzene rings is 1. The van der Waals surface area contributed by atoms with Gasteiger partial charge in [0.2, 0.25) is 0 Å². The fourth-order valence-electron chi connectivity index (χ4n) is 1.46. The molecule has 1 rings (SSSR count). The van der Waals surface area contributed by atoms with Gasteiger partial charge in [-0.2, -0.15) is 0 Å². The highest BCUT2D eigenvalue weighted by Gasteiger charge is 2.05. The molecule has 0 aliphatic carbocycles. The van der Waals surface area contributed by atoms with Crippen molar-refractivity contribution in [3.05, 3.63) is 29.8 Å². The van der Waals surface area contributed by atoms with Gasteiger partial charge in [-0.15, -0.1) is 0 Å². The zero-order chi connectivity index (χ0) is 11.8. The maximum atomic E-state index is 5.89. The summed E-state index contributed by atoms with van der Waals surface area (Å²) in [6, 6.07) is 8.27. The molecule has 16 heavy (non-hydrogen) atoms. The molecule has 0 amide bonds. The first-order chi connectivity index (χ1) is 7.77. The molecule has 90 valence electrons. The topological polar surface area (TPSA) is 21.3 Å². The molecular weight excluding hydrogens is 198 g/mol. The first-order valence-electron chi connectivity index (χ1n) is 6.23. The summed E-state index contributed by atoms with van der Waals surface area (Å²) >= 11 is 0. The van der Waals surface area contributed by atoms with Gasteiger partial charge in [-0.05, 0) is 32.4 Å². The third kappa shape index (κ3) is 4.23. The normalized spacial score (nSPS) is 12.4. The highest BCUT2D eigenvalue weighted by Crippen LogP contribution is 2.19. The number of para-hydroxylation sites is 1. The average molecular weight is 221 g/mol. The van der Waals surface area contributed by atoms with Gasteiger partial charge >= 0.3 is 0 Å². The minimum absolute atomic E-state index is 0.285. The molecule has 0 aliphatic rings. The lowest BCUT2D eigenvalue weighted by atomic mass is 10.2. The van der Waals surface area contributed by atoms with Crippen LogP contribution in [-0.2, 0) is 6.54 Å². The van der Waals surface area contributed by atoms with Crippen molar-refractivity contribution in [2.24, 2.45) is 0 Å². The summed E-state index contributed by atoms with van der Waals surface area (Å²) in [5.74, 6) is 1.01. The van der Waals surface area contributed by atoms with E-state index in [1.165, 1.54) is 5.56 Å². The van der Waals surface area contributed by atoms with Crippen LogP contribution in [0.15, 0.2) is 24.3 Å². The highest BCUT2D eigenvalue weighted by molar-refractivity contribution is 5.33. The third-order valence-corrected chi connectivity index (χ3v) is 2.62. The Morgan fingerprint density at radius 2 is 2.00 bits per heavy atom. The largest absolute Gasteiger partial charge is 0.490 e. The van der Waals surface area contributed by atoms with Crippen molar-refractivity contribution in [3.8, 4) is 5.75 Å². The molecule has 1 N–H and O–H groups in total. The number of ether oxygens (including phenoxy) is 1. The predicted molar refractivity (Wildman–Crippen MR) is 68.8 cm³/mol. The number of rotatable bonds is 7. The maximum absolute atomic E-state index is 5.89. The monoisotopic (exact) mass is 221 g/mol. The van der Waals surface area contributed by atoms with E-state index in [-0.39, 0.29) is 6.10 Å². The molecular formula is C14H23NO. The first-order valence-corrected chi connectivity index (χ1v) is 6.23. The molecule has 0 aliphatic heterocycles. The van der Waals surface area contributed by atoms with Crippen molar-refractivity contribution < 1.29 is 4.74 Å². The van der Waals surface area contributed by atoms with E-state index in [9.17, 15) is 0 Å². The van der Waals surface area contributed by atoms with Crippen LogP contribution in [0.2, 0.25) is 0 Å². The van der Waals surface area contributed by atoms with Crippen LogP contribution in [0.25, 0.3) is 0 Å². The molecule has 0 bridgehead atoms. The van der Waals surface area contributed by atoms with Gasteiger partial charge in [-0.25, -0.2) is 0 Å². The van der Waals surface area contributed by atoms with Crippen LogP contribution in [-0.4, -0.2) is 12.6 Å². The van der Waals surface area contributed by atoms with Gasteiger partial charge < -0.3 is 10.1 Å². The predicted octanol–water partition coefficient (Wildman–Crippen LogP) is 3.36. The molecule has 0 heterocycles. The molecule has 2 heteroatoms. The molecule has 1 atom stereocenters. The van der Waals surface area contributed by atoms with Gasteiger partial charge in [-0.3, -0.25) is 0 Å². The molecule has 0 radical (unpaired) electrons. The highest BCUT2D eigenvalue weighted by atomic mass is 16.5. The summed E-state index contributed by atoms with van der Waals surface area (Å²) in [6.45, 7) is 8.37. The quantitative estimate of drug-likeness (QED) is 0.713. The van der Waals surface area contributed by atoms with Crippen molar-refractivity contribution in [2.75, 3.05) is 6.54 Å². The molecule has 0 saturated carbocycles. The molecule has 2 nitrogen and oxygen atoms in total. The van der Waals surface area contributed by atoms with E-state index in [1.807, 2.05) is 6.07 Å². The van der Waals surface area contributed by atoms with Crippen LogP contribution in [0.1, 0.15) is 39.2 Å². The summed E-state index contributed by atoms with van der Waals surface area (Å²) < 4.78 is 5.89. The lowest BCUT2D eigenvalue weighted by molar-refractivity contribution is 0.215. The van der Waals surface area contributed by atoms with Gasteiger partial charge in [-0.1, -0.05) is 32.0 Å². The summed E-state index contributed by atoms with van der Waals surface area (Å²) in [4.78, 5) is 0. The molecule has 0 spiro atoms. The van der Waals surface area contributed by atoms with Crippen molar-refractivity contribution >= 4 is 0 Å². The number of nitrogens with one attached hydrogen (secondary N) is 1. The minimum atomic E-state index is 0.285. The molecule has 0 saturated heterocycles. The van der Waals surface area contributed by atoms with Crippen LogP contribution in [0, 0.1) is 0 Å². The minimum Gasteiger partial charge on any atom is -0.490 e. The zero-order valence-corrected chi connectivity index (χ0v) is 10.6. The number of hydrogen-bond donors (Lipinski definition) is 1. The van der Waals surface area contributed by atoms with E-state index >= 15 is 0 Å². The van der Waals surface area contributed by atoms with Gasteiger partial charge in [0.15, 0.2) is 0 Å². The summed E-state index contributed by atoms with van der Waals surface area (Å²) in [5.41, 5.74) is 1.25. The van der Waals surface area contributed by atoms with Gasteiger partial charge in [0.25, 0.3) is 0 Å². The van der Waals surface area contributed by atoms with E-state index in [4.69, 9.17) is 4.74 Å². The van der Waals surface area contributed by atoms with Crippen molar-refractivity contribution in [1.29, 1.82) is 0 Å². The smallest absolute Gasteiger partial charge is 0.124 e. The molecule has 0 fully saturated rings. The first kappa shape index (κ1) is 13.0. The van der Waals surface area contributed by atoms with E-state index in [2.05, 4.69) is 44.3 Å². The Bertz CT molecular complexity index is 299. The van der Waals surface area contributed by atoms with Crippen LogP contribution in [0.5, 0.6) is 5.75 Å². The second-order valence-electron chi connectivity index (χ2n) is 4.12. The second-order valence-corrected chi connectivity index (χ2v) is 4.12. The van der Waals surface area contributed by atoms with Gasteiger partial charge in [0.1, 0.15) is 5.75 Å². The fraction of sp³-hybridized carbons (Fsp3) is 0.571. The Balaban J connectivity index is 2.60. The standard InChI is InChI=1S/C14H23NO/c1-4-10-15-11-13-8-6-7-9-14(13)16-12(3)5-2/h6-9,12,15H,4-5,10-11H2,1-3H3/t12-/m1/s1. The van der Waals surface area contributed by atoms with Gasteiger partial charge in [0, 0.05) is 12.1 Å². The van der Waals surface area contributed by atoms with Crippen LogP contribution in [0.3, 0.4) is 0 Å². The summed E-state index contributed by atoms with van der Waals surface area (Å²) in [5, 5.41) is 3.40. The Morgan fingerprint density at radius 1 is 1.25 bits per heavy atom. The average Bonchev–Trinajstić information content (AvgIpc) is 2.31. The summed E-state index contributed by atoms with van der Waals surface area (Å²) in [7, 11) is 0. The zero-order valence-electron chi connectivity index (χ0n) is 10.6. The van der Waals surface area contributed by atoms with Gasteiger partial charge in [0.05, 0.1) is 6.10 Å².